The number of pyridine rings is 1. The van der Waals surface area contributed by atoms with Gasteiger partial charge in [-0.25, -0.2) is 13.4 Å². The van der Waals surface area contributed by atoms with Crippen LogP contribution in [0.1, 0.15) is 5.69 Å². The van der Waals surface area contributed by atoms with Crippen molar-refractivity contribution in [3.05, 3.63) is 64.3 Å². The number of nitro benzene ring substituents is 1. The van der Waals surface area contributed by atoms with Crippen LogP contribution in [0.2, 0.25) is 0 Å². The molecule has 1 aromatic heterocycles. The highest BCUT2D eigenvalue weighted by atomic mass is 32.2. The molecule has 28 heavy (non-hydrogen) atoms. The zero-order valence-corrected chi connectivity index (χ0v) is 16.2. The summed E-state index contributed by atoms with van der Waals surface area (Å²) in [6, 6.07) is 12.9. The summed E-state index contributed by atoms with van der Waals surface area (Å²) in [5.41, 5.74) is 1.71. The molecule has 0 aliphatic rings. The number of aromatic nitrogens is 1. The quantitative estimate of drug-likeness (QED) is 0.367. The van der Waals surface area contributed by atoms with E-state index in [0.29, 0.717) is 35.5 Å². The largest absolute Gasteiger partial charge is 0.492 e. The second-order valence-corrected chi connectivity index (χ2v) is 8.28. The van der Waals surface area contributed by atoms with Gasteiger partial charge in [0.25, 0.3) is 5.69 Å². The Kier molecular flexibility index (Phi) is 5.46. The van der Waals surface area contributed by atoms with Crippen LogP contribution in [0.5, 0.6) is 5.75 Å². The van der Waals surface area contributed by atoms with Crippen molar-refractivity contribution in [3.63, 3.8) is 0 Å². The van der Waals surface area contributed by atoms with Gasteiger partial charge in [0.2, 0.25) is 0 Å². The molecule has 0 aliphatic heterocycles. The molecule has 0 atom stereocenters. The molecule has 9 heteroatoms. The van der Waals surface area contributed by atoms with Crippen LogP contribution in [-0.4, -0.2) is 37.7 Å². The molecule has 3 aromatic rings. The molecule has 1 N–H and O–H groups in total. The second kappa shape index (κ2) is 7.81. The summed E-state index contributed by atoms with van der Waals surface area (Å²) >= 11 is 0. The van der Waals surface area contributed by atoms with Crippen molar-refractivity contribution in [2.75, 3.05) is 24.7 Å². The summed E-state index contributed by atoms with van der Waals surface area (Å²) in [7, 11) is -3.24. The van der Waals surface area contributed by atoms with E-state index in [1.54, 1.807) is 31.2 Å². The Morgan fingerprint density at radius 2 is 1.89 bits per heavy atom. The van der Waals surface area contributed by atoms with Crippen molar-refractivity contribution in [3.8, 4) is 5.75 Å². The number of nitro groups is 1. The Morgan fingerprint density at radius 1 is 1.18 bits per heavy atom. The molecular formula is C19H19N3O5S. The number of rotatable bonds is 7. The minimum atomic E-state index is -3.24. The number of anilines is 1. The first-order chi connectivity index (χ1) is 13.3. The summed E-state index contributed by atoms with van der Waals surface area (Å²) in [4.78, 5) is 15.3. The van der Waals surface area contributed by atoms with Gasteiger partial charge in [0.05, 0.1) is 9.82 Å². The van der Waals surface area contributed by atoms with E-state index in [4.69, 9.17) is 4.74 Å². The topological polar surface area (TPSA) is 111 Å². The van der Waals surface area contributed by atoms with Gasteiger partial charge in [0.15, 0.2) is 15.4 Å². The van der Waals surface area contributed by atoms with Gasteiger partial charge in [-0.05, 0) is 37.3 Å². The monoisotopic (exact) mass is 401 g/mol. The molecule has 1 heterocycles. The third-order valence-electron chi connectivity index (χ3n) is 4.08. The maximum Gasteiger partial charge on any atom is 0.295 e. The Bertz CT molecular complexity index is 1130. The van der Waals surface area contributed by atoms with E-state index in [1.165, 1.54) is 18.2 Å². The standard InChI is InChI=1S/C19H19N3O5S/c1-13-12-17(16-4-3-5-18(22(23)24)19(16)21-13)20-10-11-27-14-6-8-15(9-7-14)28(2,25)26/h3-9,12H,10-11H2,1-2H3,(H,20,21). The van der Waals surface area contributed by atoms with Crippen molar-refractivity contribution < 1.29 is 18.1 Å². The van der Waals surface area contributed by atoms with Gasteiger partial charge < -0.3 is 10.1 Å². The fourth-order valence-corrected chi connectivity index (χ4v) is 3.42. The van der Waals surface area contributed by atoms with Gasteiger partial charge in [-0.3, -0.25) is 10.1 Å². The van der Waals surface area contributed by atoms with Crippen LogP contribution in [0.25, 0.3) is 10.9 Å². The van der Waals surface area contributed by atoms with Gasteiger partial charge in [-0.15, -0.1) is 0 Å². The summed E-state index contributed by atoms with van der Waals surface area (Å²) < 4.78 is 28.5. The van der Waals surface area contributed by atoms with E-state index < -0.39 is 14.8 Å². The van der Waals surface area contributed by atoms with Crippen molar-refractivity contribution in [2.24, 2.45) is 0 Å². The maximum absolute atomic E-state index is 11.5. The number of benzene rings is 2. The van der Waals surface area contributed by atoms with E-state index >= 15 is 0 Å². The molecule has 0 saturated carbocycles. The molecule has 0 bridgehead atoms. The number of non-ortho nitro benzene ring substituents is 1. The lowest BCUT2D eigenvalue weighted by atomic mass is 10.1. The minimum Gasteiger partial charge on any atom is -0.492 e. The van der Waals surface area contributed by atoms with Gasteiger partial charge >= 0.3 is 0 Å². The average Bonchev–Trinajstić information content (AvgIpc) is 2.64. The van der Waals surface area contributed by atoms with Crippen LogP contribution in [0.3, 0.4) is 0 Å². The molecule has 0 saturated heterocycles. The first-order valence-electron chi connectivity index (χ1n) is 8.47. The number of fused-ring (bicyclic) bond motifs is 1. The van der Waals surface area contributed by atoms with Crippen LogP contribution in [0.4, 0.5) is 11.4 Å². The van der Waals surface area contributed by atoms with Gasteiger partial charge in [-0.2, -0.15) is 0 Å². The van der Waals surface area contributed by atoms with E-state index in [-0.39, 0.29) is 10.6 Å². The van der Waals surface area contributed by atoms with E-state index in [1.807, 2.05) is 6.07 Å². The number of nitrogens with one attached hydrogen (secondary N) is 1. The summed E-state index contributed by atoms with van der Waals surface area (Å²) in [6.07, 6.45) is 1.15. The summed E-state index contributed by atoms with van der Waals surface area (Å²) in [5, 5.41) is 15.1. The number of hydrogen-bond donors (Lipinski definition) is 1. The first kappa shape index (κ1) is 19.6. The molecule has 0 spiro atoms. The number of aryl methyl sites for hydroxylation is 1. The molecular weight excluding hydrogens is 382 g/mol. The fraction of sp³-hybridized carbons (Fsp3) is 0.211. The predicted octanol–water partition coefficient (Wildman–Crippen LogP) is 3.35. The Hall–Kier alpha value is -3.20. The van der Waals surface area contributed by atoms with Crippen molar-refractivity contribution in [1.82, 2.24) is 4.98 Å². The van der Waals surface area contributed by atoms with Crippen molar-refractivity contribution >= 4 is 32.1 Å². The molecule has 3 rings (SSSR count). The highest BCUT2D eigenvalue weighted by Crippen LogP contribution is 2.29. The molecule has 0 radical (unpaired) electrons. The number of hydrogen-bond acceptors (Lipinski definition) is 7. The molecule has 8 nitrogen and oxygen atoms in total. The molecule has 146 valence electrons. The van der Waals surface area contributed by atoms with E-state index in [0.717, 1.165) is 11.9 Å². The Balaban J connectivity index is 1.69. The predicted molar refractivity (Wildman–Crippen MR) is 107 cm³/mol. The van der Waals surface area contributed by atoms with Gasteiger partial charge in [0, 0.05) is 35.6 Å². The average molecular weight is 401 g/mol. The molecule has 2 aromatic carbocycles. The third kappa shape index (κ3) is 4.37. The normalized spacial score (nSPS) is 11.4. The number of sulfone groups is 1. The fourth-order valence-electron chi connectivity index (χ4n) is 2.79. The number of ether oxygens (including phenoxy) is 1. The third-order valence-corrected chi connectivity index (χ3v) is 5.21. The summed E-state index contributed by atoms with van der Waals surface area (Å²) in [6.45, 7) is 2.56. The lowest BCUT2D eigenvalue weighted by Crippen LogP contribution is -2.12. The number of para-hydroxylation sites is 1. The maximum atomic E-state index is 11.5. The minimum absolute atomic E-state index is 0.0357. The zero-order valence-electron chi connectivity index (χ0n) is 15.4. The Labute approximate surface area is 162 Å². The van der Waals surface area contributed by atoms with Crippen LogP contribution in [0, 0.1) is 17.0 Å². The highest BCUT2D eigenvalue weighted by Gasteiger charge is 2.15. The lowest BCUT2D eigenvalue weighted by molar-refractivity contribution is -0.383. The smallest absolute Gasteiger partial charge is 0.295 e. The van der Waals surface area contributed by atoms with Crippen LogP contribution in [0.15, 0.2) is 53.4 Å². The number of nitrogens with zero attached hydrogens (tertiary/aromatic N) is 2. The highest BCUT2D eigenvalue weighted by molar-refractivity contribution is 7.90. The van der Waals surface area contributed by atoms with E-state index in [2.05, 4.69) is 10.3 Å². The van der Waals surface area contributed by atoms with Crippen LogP contribution < -0.4 is 10.1 Å². The lowest BCUT2D eigenvalue weighted by Gasteiger charge is -2.12. The second-order valence-electron chi connectivity index (χ2n) is 6.26. The van der Waals surface area contributed by atoms with Crippen molar-refractivity contribution in [2.45, 2.75) is 11.8 Å². The van der Waals surface area contributed by atoms with Gasteiger partial charge in [-0.1, -0.05) is 12.1 Å². The molecule has 0 unspecified atom stereocenters. The van der Waals surface area contributed by atoms with Crippen LogP contribution >= 0.6 is 0 Å². The van der Waals surface area contributed by atoms with E-state index in [9.17, 15) is 18.5 Å². The Morgan fingerprint density at radius 3 is 2.54 bits per heavy atom. The SMILES string of the molecule is Cc1cc(NCCOc2ccc(S(C)(=O)=O)cc2)c2cccc([N+](=O)[O-])c2n1. The first-order valence-corrected chi connectivity index (χ1v) is 10.4. The van der Waals surface area contributed by atoms with Crippen LogP contribution in [-0.2, 0) is 9.84 Å². The zero-order chi connectivity index (χ0) is 20.3. The molecule has 0 fully saturated rings. The van der Waals surface area contributed by atoms with Gasteiger partial charge in [0.1, 0.15) is 12.4 Å². The molecule has 0 aliphatic carbocycles. The molecule has 0 amide bonds. The van der Waals surface area contributed by atoms with Crippen molar-refractivity contribution in [1.29, 1.82) is 0 Å². The summed E-state index contributed by atoms with van der Waals surface area (Å²) in [5.74, 6) is 0.556.